The van der Waals surface area contributed by atoms with Crippen molar-refractivity contribution < 1.29 is 9.53 Å². The fourth-order valence-electron chi connectivity index (χ4n) is 1.15. The summed E-state index contributed by atoms with van der Waals surface area (Å²) in [4.78, 5) is 11.0. The van der Waals surface area contributed by atoms with Crippen LogP contribution in [0, 0.1) is 0 Å². The molecular formula is C11H20N2O2Si-. The van der Waals surface area contributed by atoms with Crippen molar-refractivity contribution in [3.05, 3.63) is 18.0 Å². The highest BCUT2D eigenvalue weighted by Gasteiger charge is 2.03. The first-order valence-corrected chi connectivity index (χ1v) is 9.20. The molecule has 0 saturated carbocycles. The molecule has 0 radical (unpaired) electrons. The molecule has 0 unspecified atom stereocenters. The van der Waals surface area contributed by atoms with Crippen molar-refractivity contribution in [2.24, 2.45) is 0 Å². The maximum absolute atomic E-state index is 11.0. The van der Waals surface area contributed by atoms with Crippen molar-refractivity contribution in [1.29, 1.82) is 0 Å². The molecule has 0 aliphatic rings. The van der Waals surface area contributed by atoms with Crippen LogP contribution in [0.4, 0.5) is 0 Å². The van der Waals surface area contributed by atoms with E-state index in [2.05, 4.69) is 24.7 Å². The summed E-state index contributed by atoms with van der Waals surface area (Å²) >= 11 is 0. The summed E-state index contributed by atoms with van der Waals surface area (Å²) < 4.78 is 7.17. The third-order valence-corrected chi connectivity index (χ3v) is 3.96. The zero-order valence-corrected chi connectivity index (χ0v) is 11.5. The Morgan fingerprint density at radius 1 is 1.50 bits per heavy atom. The standard InChI is InChI=1S/C11H20N2O2Si/c1-10(14)11-7-12-13(8-11)9-15-5-6-16(2,3)4/h7-8H,5-6,9H2,1-4H3/q-1. The molecule has 91 valence electrons. The van der Waals surface area contributed by atoms with Crippen molar-refractivity contribution in [2.75, 3.05) is 6.61 Å². The van der Waals surface area contributed by atoms with Crippen LogP contribution in [-0.4, -0.2) is 30.2 Å². The summed E-state index contributed by atoms with van der Waals surface area (Å²) in [5, 5.41) is 4.05. The van der Waals surface area contributed by atoms with E-state index in [9.17, 15) is 4.79 Å². The molecule has 0 saturated heterocycles. The Morgan fingerprint density at radius 2 is 2.19 bits per heavy atom. The van der Waals surface area contributed by atoms with Crippen LogP contribution in [0.5, 0.6) is 0 Å². The molecule has 0 fully saturated rings. The van der Waals surface area contributed by atoms with Crippen LogP contribution in [0.3, 0.4) is 0 Å². The molecule has 1 heterocycles. The number of nitrogens with zero attached hydrogens (tertiary/aromatic N) is 2. The van der Waals surface area contributed by atoms with Gasteiger partial charge in [0.05, 0.1) is 11.8 Å². The summed E-state index contributed by atoms with van der Waals surface area (Å²) in [6.45, 7) is 9.69. The molecular weight excluding hydrogens is 220 g/mol. The minimum Gasteiger partial charge on any atom is -0.362 e. The Balaban J connectivity index is 2.30. The third-order valence-electron chi connectivity index (χ3n) is 2.26. The first-order valence-electron chi connectivity index (χ1n) is 5.50. The summed E-state index contributed by atoms with van der Waals surface area (Å²) in [7, 11) is -1.02. The summed E-state index contributed by atoms with van der Waals surface area (Å²) in [6, 6.07) is 1.15. The lowest BCUT2D eigenvalue weighted by atomic mass is 10.3. The van der Waals surface area contributed by atoms with Crippen molar-refractivity contribution >= 4 is 13.9 Å². The number of carbonyl (C=O) groups excluding carboxylic acids is 1. The van der Waals surface area contributed by atoms with Crippen LogP contribution in [0.15, 0.2) is 12.4 Å². The zero-order valence-electron chi connectivity index (χ0n) is 10.5. The lowest BCUT2D eigenvalue weighted by Crippen LogP contribution is -2.22. The van der Waals surface area contributed by atoms with E-state index in [1.54, 1.807) is 17.1 Å². The Kier molecular flexibility index (Phi) is 4.43. The molecule has 0 N–H and O–H groups in total. The van der Waals surface area contributed by atoms with E-state index in [0.717, 1.165) is 12.7 Å². The highest BCUT2D eigenvalue weighted by Crippen LogP contribution is 2.07. The van der Waals surface area contributed by atoms with Gasteiger partial charge in [-0.2, -0.15) is 24.7 Å². The molecule has 0 amide bonds. The fraction of sp³-hybridized carbons (Fsp3) is 0.636. The number of rotatable bonds is 6. The van der Waals surface area contributed by atoms with Crippen LogP contribution in [0.1, 0.15) is 17.3 Å². The predicted octanol–water partition coefficient (Wildman–Crippen LogP) is 2.40. The second-order valence-corrected chi connectivity index (χ2v) is 10.8. The Morgan fingerprint density at radius 3 is 2.69 bits per heavy atom. The quantitative estimate of drug-likeness (QED) is 0.436. The number of hydrogen-bond acceptors (Lipinski definition) is 3. The van der Waals surface area contributed by atoms with E-state index in [1.807, 2.05) is 0 Å². The Hall–Kier alpha value is -0.943. The number of ether oxygens (including phenoxy) is 1. The molecule has 1 aromatic heterocycles. The number of Topliss-reactive ketones (excluding diaryl/α,β-unsaturated/α-hetero) is 1. The van der Waals surface area contributed by atoms with Gasteiger partial charge in [-0.25, -0.2) is 4.68 Å². The average molecular weight is 240 g/mol. The molecule has 1 aromatic rings. The molecule has 5 heteroatoms. The van der Waals surface area contributed by atoms with Crippen LogP contribution < -0.4 is 0 Å². The molecule has 1 rings (SSSR count). The molecule has 0 spiro atoms. The largest absolute Gasteiger partial charge is 0.362 e. The second kappa shape index (κ2) is 5.40. The summed E-state index contributed by atoms with van der Waals surface area (Å²) in [5.74, 6) is 0.0355. The van der Waals surface area contributed by atoms with Crippen molar-refractivity contribution in [3.63, 3.8) is 0 Å². The van der Waals surface area contributed by atoms with Gasteiger partial charge in [0.1, 0.15) is 6.73 Å². The monoisotopic (exact) mass is 240 g/mol. The molecule has 4 nitrogen and oxygen atoms in total. The van der Waals surface area contributed by atoms with Gasteiger partial charge in [-0.05, 0) is 6.92 Å². The molecule has 0 aromatic carbocycles. The number of carbonyl (C=O) groups is 1. The van der Waals surface area contributed by atoms with Crippen LogP contribution in [0.25, 0.3) is 0 Å². The number of ketones is 1. The number of hydrogen-bond donors (Lipinski definition) is 0. The molecule has 0 aliphatic heterocycles. The summed E-state index contributed by atoms with van der Waals surface area (Å²) in [5.41, 5.74) is 0.633. The van der Waals surface area contributed by atoms with Gasteiger partial charge < -0.3 is 4.74 Å². The van der Waals surface area contributed by atoms with Gasteiger partial charge >= 0.3 is 0 Å². The molecule has 0 atom stereocenters. The minimum atomic E-state index is -1.02. The van der Waals surface area contributed by atoms with Gasteiger partial charge in [-0.1, -0.05) is 0 Å². The van der Waals surface area contributed by atoms with Crippen LogP contribution in [0.2, 0.25) is 25.7 Å². The number of aromatic nitrogens is 2. The summed E-state index contributed by atoms with van der Waals surface area (Å²) in [6.07, 6.45) is 3.29. The van der Waals surface area contributed by atoms with Gasteiger partial charge in [0.25, 0.3) is 0 Å². The van der Waals surface area contributed by atoms with Crippen molar-refractivity contribution in [1.82, 2.24) is 9.78 Å². The van der Waals surface area contributed by atoms with Crippen molar-refractivity contribution in [2.45, 2.75) is 39.3 Å². The van der Waals surface area contributed by atoms with E-state index >= 15 is 0 Å². The first kappa shape index (κ1) is 13.1. The highest BCUT2D eigenvalue weighted by atomic mass is 28.3. The smallest absolute Gasteiger partial charge is 0.162 e. The third kappa shape index (κ3) is 4.72. The maximum Gasteiger partial charge on any atom is 0.162 e. The highest BCUT2D eigenvalue weighted by molar-refractivity contribution is 6.76. The molecule has 0 bridgehead atoms. The van der Waals surface area contributed by atoms with Crippen LogP contribution >= 0.6 is 0 Å². The van der Waals surface area contributed by atoms with Crippen molar-refractivity contribution in [3.8, 4) is 0 Å². The van der Waals surface area contributed by atoms with E-state index in [-0.39, 0.29) is 5.78 Å². The van der Waals surface area contributed by atoms with E-state index in [1.165, 1.54) is 6.92 Å². The van der Waals surface area contributed by atoms with Gasteiger partial charge in [0.2, 0.25) is 0 Å². The minimum absolute atomic E-state index is 0.0355. The second-order valence-electron chi connectivity index (χ2n) is 5.17. The topological polar surface area (TPSA) is 44.1 Å². The van der Waals surface area contributed by atoms with Crippen LogP contribution in [-0.2, 0) is 11.5 Å². The SMILES string of the molecule is CC(=O)c1cnn(COCC[Si-](C)(C)C)c1. The average Bonchev–Trinajstić information content (AvgIpc) is 2.59. The predicted molar refractivity (Wildman–Crippen MR) is 66.3 cm³/mol. The molecule has 0 aliphatic carbocycles. The first-order chi connectivity index (χ1) is 7.38. The van der Waals surface area contributed by atoms with E-state index in [0.29, 0.717) is 12.3 Å². The van der Waals surface area contributed by atoms with Gasteiger partial charge in [0, 0.05) is 12.8 Å². The fourth-order valence-corrected chi connectivity index (χ4v) is 1.91. The van der Waals surface area contributed by atoms with E-state index in [4.69, 9.17) is 4.74 Å². The Labute approximate surface area is 97.6 Å². The van der Waals surface area contributed by atoms with E-state index < -0.39 is 8.07 Å². The normalized spacial score (nSPS) is 11.8. The maximum atomic E-state index is 11.0. The lowest BCUT2D eigenvalue weighted by Gasteiger charge is -2.26. The lowest BCUT2D eigenvalue weighted by molar-refractivity contribution is 0.0785. The zero-order chi connectivity index (χ0) is 12.2. The molecule has 16 heavy (non-hydrogen) atoms. The van der Waals surface area contributed by atoms with Gasteiger partial charge in [-0.3, -0.25) is 4.79 Å². The van der Waals surface area contributed by atoms with Gasteiger partial charge in [-0.15, -0.1) is 14.1 Å². The Bertz CT molecular complexity index is 355. The van der Waals surface area contributed by atoms with Gasteiger partial charge in [0.15, 0.2) is 5.78 Å².